The number of Topliss-reactive ketones (excluding diaryl/α,β-unsaturated/α-hetero) is 1. The van der Waals surface area contributed by atoms with Crippen LogP contribution in [0.2, 0.25) is 0 Å². The Labute approximate surface area is 89.3 Å². The smallest absolute Gasteiger partial charge is 0.373 e. The van der Waals surface area contributed by atoms with Crippen molar-refractivity contribution >= 4 is 11.8 Å². The van der Waals surface area contributed by atoms with Gasteiger partial charge in [0.1, 0.15) is 6.04 Å². The third-order valence-electron chi connectivity index (χ3n) is 2.28. The van der Waals surface area contributed by atoms with Crippen LogP contribution in [0.25, 0.3) is 0 Å². The maximum absolute atomic E-state index is 10.9. The van der Waals surface area contributed by atoms with E-state index in [4.69, 9.17) is 10.8 Å². The highest BCUT2D eigenvalue weighted by atomic mass is 16.4. The fraction of sp³-hybridized carbons (Fsp3) is 0.800. The van der Waals surface area contributed by atoms with Gasteiger partial charge in [0.25, 0.3) is 5.78 Å². The van der Waals surface area contributed by atoms with Gasteiger partial charge >= 0.3 is 5.97 Å². The van der Waals surface area contributed by atoms with Crippen molar-refractivity contribution in [2.24, 2.45) is 5.73 Å². The Balaban J connectivity index is 3.83. The third-order valence-corrected chi connectivity index (χ3v) is 2.28. The summed E-state index contributed by atoms with van der Waals surface area (Å²) >= 11 is 0. The molecule has 0 bridgehead atoms. The van der Waals surface area contributed by atoms with Crippen LogP contribution in [0.3, 0.4) is 0 Å². The largest absolute Gasteiger partial charge is 0.475 e. The van der Waals surface area contributed by atoms with Crippen LogP contribution in [0.15, 0.2) is 0 Å². The Hall–Kier alpha value is -0.940. The van der Waals surface area contributed by atoms with Gasteiger partial charge in [-0.15, -0.1) is 0 Å². The first-order valence-electron chi connectivity index (χ1n) is 5.21. The van der Waals surface area contributed by atoms with Gasteiger partial charge in [0.05, 0.1) is 6.10 Å². The Morgan fingerprint density at radius 2 is 1.87 bits per heavy atom. The maximum Gasteiger partial charge on any atom is 0.373 e. The van der Waals surface area contributed by atoms with Gasteiger partial charge in [0, 0.05) is 0 Å². The molecule has 0 saturated carbocycles. The first kappa shape index (κ1) is 14.1. The molecule has 0 aliphatic carbocycles. The molecular formula is C10H19NO4. The van der Waals surface area contributed by atoms with Crippen LogP contribution in [0.1, 0.15) is 39.0 Å². The van der Waals surface area contributed by atoms with Crippen molar-refractivity contribution in [3.63, 3.8) is 0 Å². The zero-order valence-electron chi connectivity index (χ0n) is 8.98. The van der Waals surface area contributed by atoms with Crippen LogP contribution >= 0.6 is 0 Å². The van der Waals surface area contributed by atoms with E-state index >= 15 is 0 Å². The summed E-state index contributed by atoms with van der Waals surface area (Å²) in [4.78, 5) is 21.2. The number of ketones is 1. The molecule has 2 unspecified atom stereocenters. The molecule has 0 aliphatic rings. The van der Waals surface area contributed by atoms with Gasteiger partial charge in [-0.3, -0.25) is 4.79 Å². The lowest BCUT2D eigenvalue weighted by Crippen LogP contribution is -2.45. The molecule has 5 nitrogen and oxygen atoms in total. The molecule has 5 heteroatoms. The molecule has 0 amide bonds. The van der Waals surface area contributed by atoms with Gasteiger partial charge in [-0.25, -0.2) is 4.79 Å². The highest BCUT2D eigenvalue weighted by Gasteiger charge is 2.27. The zero-order chi connectivity index (χ0) is 11.8. The number of aliphatic hydroxyl groups is 1. The number of carboxylic acids is 1. The molecule has 0 aliphatic heterocycles. The highest BCUT2D eigenvalue weighted by molar-refractivity contribution is 6.34. The molecular weight excluding hydrogens is 198 g/mol. The predicted molar refractivity (Wildman–Crippen MR) is 55.4 cm³/mol. The second-order valence-corrected chi connectivity index (χ2v) is 3.61. The number of carbonyl (C=O) groups excluding carboxylic acids is 1. The molecule has 0 radical (unpaired) electrons. The van der Waals surface area contributed by atoms with E-state index in [1.165, 1.54) is 0 Å². The van der Waals surface area contributed by atoms with E-state index in [1.54, 1.807) is 0 Å². The molecule has 0 aromatic rings. The minimum Gasteiger partial charge on any atom is -0.475 e. The Bertz CT molecular complexity index is 217. The molecule has 0 saturated heterocycles. The van der Waals surface area contributed by atoms with E-state index < -0.39 is 23.9 Å². The summed E-state index contributed by atoms with van der Waals surface area (Å²) in [5.74, 6) is -2.71. The summed E-state index contributed by atoms with van der Waals surface area (Å²) in [5.41, 5.74) is 5.30. The van der Waals surface area contributed by atoms with Gasteiger partial charge in [-0.05, 0) is 6.42 Å². The monoisotopic (exact) mass is 217 g/mol. The minimum absolute atomic E-state index is 0.375. The second kappa shape index (κ2) is 7.36. The van der Waals surface area contributed by atoms with Crippen molar-refractivity contribution in [3.05, 3.63) is 0 Å². The van der Waals surface area contributed by atoms with Crippen LogP contribution in [-0.4, -0.2) is 34.1 Å². The van der Waals surface area contributed by atoms with E-state index in [-0.39, 0.29) is 0 Å². The first-order chi connectivity index (χ1) is 7.00. The lowest BCUT2D eigenvalue weighted by Gasteiger charge is -2.15. The van der Waals surface area contributed by atoms with Crippen molar-refractivity contribution in [2.45, 2.75) is 51.2 Å². The number of aliphatic hydroxyl groups excluding tert-OH is 1. The lowest BCUT2D eigenvalue weighted by atomic mass is 10.0. The van der Waals surface area contributed by atoms with E-state index in [0.717, 1.165) is 25.7 Å². The lowest BCUT2D eigenvalue weighted by molar-refractivity contribution is -0.150. The van der Waals surface area contributed by atoms with Crippen LogP contribution < -0.4 is 5.73 Å². The number of aliphatic carboxylic acids is 1. The van der Waals surface area contributed by atoms with Crippen molar-refractivity contribution in [1.29, 1.82) is 0 Å². The topological polar surface area (TPSA) is 101 Å². The quantitative estimate of drug-likeness (QED) is 0.401. The number of unbranched alkanes of at least 4 members (excludes halogenated alkanes) is 3. The summed E-state index contributed by atoms with van der Waals surface area (Å²) in [7, 11) is 0. The Morgan fingerprint density at radius 3 is 2.33 bits per heavy atom. The van der Waals surface area contributed by atoms with E-state index in [0.29, 0.717) is 6.42 Å². The number of carboxylic acid groups (broad SMARTS) is 1. The fourth-order valence-electron chi connectivity index (χ4n) is 1.28. The van der Waals surface area contributed by atoms with Gasteiger partial charge in [0.15, 0.2) is 0 Å². The average Bonchev–Trinajstić information content (AvgIpc) is 2.21. The van der Waals surface area contributed by atoms with Crippen LogP contribution in [0.5, 0.6) is 0 Å². The SMILES string of the molecule is CCCCCCC(O)C(N)C(=O)C(=O)O. The molecule has 0 aromatic heterocycles. The molecule has 0 aromatic carbocycles. The summed E-state index contributed by atoms with van der Waals surface area (Å²) in [6.07, 6.45) is 3.19. The second-order valence-electron chi connectivity index (χ2n) is 3.61. The predicted octanol–water partition coefficient (Wildman–Crippen LogP) is 0.299. The number of hydrogen-bond donors (Lipinski definition) is 3. The van der Waals surface area contributed by atoms with Gasteiger partial charge in [0.2, 0.25) is 0 Å². The van der Waals surface area contributed by atoms with E-state index in [2.05, 4.69) is 6.92 Å². The molecule has 0 rings (SSSR count). The van der Waals surface area contributed by atoms with E-state index in [9.17, 15) is 14.7 Å². The normalized spacial score (nSPS) is 14.6. The van der Waals surface area contributed by atoms with Gasteiger partial charge in [-0.1, -0.05) is 32.6 Å². The Morgan fingerprint density at radius 1 is 1.27 bits per heavy atom. The van der Waals surface area contributed by atoms with Crippen LogP contribution in [0, 0.1) is 0 Å². The third kappa shape index (κ3) is 5.49. The summed E-state index contributed by atoms with van der Waals surface area (Å²) in [5, 5.41) is 17.8. The average molecular weight is 217 g/mol. The molecule has 0 fully saturated rings. The van der Waals surface area contributed by atoms with Crippen molar-refractivity contribution < 1.29 is 19.8 Å². The molecule has 4 N–H and O–H groups in total. The van der Waals surface area contributed by atoms with Crippen molar-refractivity contribution in [3.8, 4) is 0 Å². The number of hydrogen-bond acceptors (Lipinski definition) is 4. The van der Waals surface area contributed by atoms with Crippen molar-refractivity contribution in [2.75, 3.05) is 0 Å². The van der Waals surface area contributed by atoms with Crippen LogP contribution in [-0.2, 0) is 9.59 Å². The van der Waals surface area contributed by atoms with Crippen LogP contribution in [0.4, 0.5) is 0 Å². The van der Waals surface area contributed by atoms with E-state index in [1.807, 2.05) is 0 Å². The molecule has 15 heavy (non-hydrogen) atoms. The van der Waals surface area contributed by atoms with Gasteiger partial charge < -0.3 is 15.9 Å². The summed E-state index contributed by atoms with van der Waals surface area (Å²) in [6, 6.07) is -1.30. The van der Waals surface area contributed by atoms with Gasteiger partial charge in [-0.2, -0.15) is 0 Å². The first-order valence-corrected chi connectivity index (χ1v) is 5.21. The Kier molecular flexibility index (Phi) is 6.90. The molecule has 0 spiro atoms. The standard InChI is InChI=1S/C10H19NO4/c1-2-3-4-5-6-7(12)8(11)9(13)10(14)15/h7-8,12H,2-6,11H2,1H3,(H,14,15). The summed E-state index contributed by atoms with van der Waals surface area (Å²) in [6.45, 7) is 2.07. The molecule has 0 heterocycles. The zero-order valence-corrected chi connectivity index (χ0v) is 8.98. The maximum atomic E-state index is 10.9. The number of nitrogens with two attached hydrogens (primary N) is 1. The molecule has 88 valence electrons. The fourth-order valence-corrected chi connectivity index (χ4v) is 1.28. The van der Waals surface area contributed by atoms with Crippen molar-refractivity contribution in [1.82, 2.24) is 0 Å². The highest BCUT2D eigenvalue weighted by Crippen LogP contribution is 2.07. The number of rotatable bonds is 8. The molecule has 2 atom stereocenters. The summed E-state index contributed by atoms with van der Waals surface area (Å²) < 4.78 is 0. The number of carbonyl (C=O) groups is 2. The minimum atomic E-state index is -1.59.